The predicted molar refractivity (Wildman–Crippen MR) is 130 cm³/mol. The van der Waals surface area contributed by atoms with Gasteiger partial charge in [-0.25, -0.2) is 16.8 Å². The molecule has 0 aliphatic carbocycles. The summed E-state index contributed by atoms with van der Waals surface area (Å²) < 4.78 is 55.4. The molecule has 1 N–H and O–H groups in total. The number of hydrogen-bond acceptors (Lipinski definition) is 5. The zero-order chi connectivity index (χ0) is 22.9. The van der Waals surface area contributed by atoms with Gasteiger partial charge in [0.1, 0.15) is 0 Å². The minimum atomic E-state index is -3.82. The van der Waals surface area contributed by atoms with E-state index in [1.165, 1.54) is 23.6 Å². The molecule has 32 heavy (non-hydrogen) atoms. The van der Waals surface area contributed by atoms with E-state index >= 15 is 0 Å². The zero-order valence-electron chi connectivity index (χ0n) is 18.7. The van der Waals surface area contributed by atoms with Crippen LogP contribution in [0.25, 0.3) is 0 Å². The fraction of sp³-hybridized carbons (Fsp3) is 0.478. The zero-order valence-corrected chi connectivity index (χ0v) is 20.3. The lowest BCUT2D eigenvalue weighted by Crippen LogP contribution is -2.38. The van der Waals surface area contributed by atoms with Crippen molar-refractivity contribution in [2.24, 2.45) is 0 Å². The Morgan fingerprint density at radius 2 is 1.41 bits per heavy atom. The van der Waals surface area contributed by atoms with Crippen LogP contribution in [0.1, 0.15) is 43.2 Å². The fourth-order valence-corrected chi connectivity index (χ4v) is 7.81. The number of hydrogen-bond donors (Lipinski definition) is 1. The van der Waals surface area contributed by atoms with Crippen molar-refractivity contribution in [2.75, 3.05) is 39.3 Å². The molecule has 0 aromatic heterocycles. The van der Waals surface area contributed by atoms with E-state index in [9.17, 15) is 16.8 Å². The van der Waals surface area contributed by atoms with Crippen molar-refractivity contribution < 1.29 is 16.8 Å². The molecular weight excluding hydrogens is 446 g/mol. The molecular formula is C23H31N3O4S2. The Hall–Kier alpha value is -2.26. The van der Waals surface area contributed by atoms with Crippen molar-refractivity contribution in [3.05, 3.63) is 47.5 Å². The molecule has 2 aliphatic heterocycles. The smallest absolute Gasteiger partial charge is 0.262 e. The second-order valence-electron chi connectivity index (χ2n) is 8.70. The Morgan fingerprint density at radius 3 is 2.00 bits per heavy atom. The van der Waals surface area contributed by atoms with Gasteiger partial charge in [0.05, 0.1) is 16.3 Å². The molecule has 2 saturated heterocycles. The first-order valence-electron chi connectivity index (χ1n) is 11.2. The summed E-state index contributed by atoms with van der Waals surface area (Å²) in [5.74, 6) is 0.125. The van der Waals surface area contributed by atoms with Crippen molar-refractivity contribution >= 4 is 37.1 Å². The van der Waals surface area contributed by atoms with Crippen LogP contribution in [-0.4, -0.2) is 42.2 Å². The lowest BCUT2D eigenvalue weighted by molar-refractivity contribution is 0.574. The molecule has 0 atom stereocenters. The molecule has 9 heteroatoms. The van der Waals surface area contributed by atoms with E-state index in [0.717, 1.165) is 25.2 Å². The van der Waals surface area contributed by atoms with Crippen LogP contribution in [0.2, 0.25) is 0 Å². The molecule has 0 spiro atoms. The maximum absolute atomic E-state index is 13.2. The van der Waals surface area contributed by atoms with Crippen molar-refractivity contribution in [2.45, 2.75) is 50.8 Å². The topological polar surface area (TPSA) is 86.8 Å². The van der Waals surface area contributed by atoms with E-state index in [-0.39, 0.29) is 10.6 Å². The average Bonchev–Trinajstić information content (AvgIpc) is 2.73. The van der Waals surface area contributed by atoms with Crippen LogP contribution in [0.3, 0.4) is 0 Å². The van der Waals surface area contributed by atoms with Crippen LogP contribution in [-0.2, 0) is 20.0 Å². The number of nitrogens with one attached hydrogen (secondary N) is 1. The van der Waals surface area contributed by atoms with E-state index in [4.69, 9.17) is 0 Å². The standard InChI is InChI=1S/C23H31N3O4S2/c1-18-16-22(26-14-6-7-15-31(26,27)28)17-19(2)23(18)32(29,30)24-20-8-10-21(11-9-20)25-12-4-3-5-13-25/h8-11,16-17,24H,3-7,12-15H2,1-2H3. The van der Waals surface area contributed by atoms with E-state index in [1.807, 2.05) is 12.1 Å². The molecule has 4 rings (SSSR count). The fourth-order valence-electron chi connectivity index (χ4n) is 4.67. The first-order chi connectivity index (χ1) is 15.2. The van der Waals surface area contributed by atoms with Gasteiger partial charge in [0.25, 0.3) is 10.0 Å². The molecule has 0 bridgehead atoms. The van der Waals surface area contributed by atoms with Gasteiger partial charge in [-0.3, -0.25) is 9.03 Å². The van der Waals surface area contributed by atoms with E-state index in [2.05, 4.69) is 9.62 Å². The summed E-state index contributed by atoms with van der Waals surface area (Å²) in [6.45, 7) is 5.90. The van der Waals surface area contributed by atoms with Gasteiger partial charge in [0, 0.05) is 31.0 Å². The summed E-state index contributed by atoms with van der Waals surface area (Å²) in [5.41, 5.74) is 3.19. The summed E-state index contributed by atoms with van der Waals surface area (Å²) >= 11 is 0. The normalized spacial score (nSPS) is 19.1. The molecule has 7 nitrogen and oxygen atoms in total. The van der Waals surface area contributed by atoms with Crippen molar-refractivity contribution in [3.63, 3.8) is 0 Å². The number of benzene rings is 2. The number of rotatable bonds is 5. The summed E-state index contributed by atoms with van der Waals surface area (Å²) in [7, 11) is -7.18. The third-order valence-corrected chi connectivity index (χ3v) is 9.75. The molecule has 2 aromatic rings. The Kier molecular flexibility index (Phi) is 6.40. The van der Waals surface area contributed by atoms with Gasteiger partial charge in [0.15, 0.2) is 0 Å². The molecule has 2 aromatic carbocycles. The van der Waals surface area contributed by atoms with Crippen molar-refractivity contribution in [3.8, 4) is 0 Å². The van der Waals surface area contributed by atoms with E-state index in [0.29, 0.717) is 35.5 Å². The molecule has 2 heterocycles. The number of anilines is 3. The number of piperidine rings is 1. The third kappa shape index (κ3) is 4.73. The number of sulfonamides is 2. The van der Waals surface area contributed by atoms with Gasteiger partial charge >= 0.3 is 0 Å². The van der Waals surface area contributed by atoms with Gasteiger partial charge in [-0.15, -0.1) is 0 Å². The summed E-state index contributed by atoms with van der Waals surface area (Å²) in [6.07, 6.45) is 5.08. The minimum absolute atomic E-state index is 0.125. The van der Waals surface area contributed by atoms with Gasteiger partial charge in [-0.1, -0.05) is 0 Å². The second-order valence-corrected chi connectivity index (χ2v) is 12.3. The highest BCUT2D eigenvalue weighted by Crippen LogP contribution is 2.31. The minimum Gasteiger partial charge on any atom is -0.372 e. The Labute approximate surface area is 191 Å². The molecule has 0 amide bonds. The van der Waals surface area contributed by atoms with Crippen LogP contribution in [0.15, 0.2) is 41.3 Å². The Bertz CT molecular complexity index is 1160. The van der Waals surface area contributed by atoms with Crippen LogP contribution in [0, 0.1) is 13.8 Å². The molecule has 2 fully saturated rings. The van der Waals surface area contributed by atoms with Crippen molar-refractivity contribution in [1.29, 1.82) is 0 Å². The van der Waals surface area contributed by atoms with Gasteiger partial charge in [-0.05, 0) is 93.5 Å². The second kappa shape index (κ2) is 8.94. The molecule has 0 saturated carbocycles. The molecule has 0 unspecified atom stereocenters. The lowest BCUT2D eigenvalue weighted by Gasteiger charge is -2.29. The lowest BCUT2D eigenvalue weighted by atomic mass is 10.1. The Balaban J connectivity index is 1.57. The maximum Gasteiger partial charge on any atom is 0.262 e. The van der Waals surface area contributed by atoms with E-state index < -0.39 is 20.0 Å². The largest absolute Gasteiger partial charge is 0.372 e. The van der Waals surface area contributed by atoms with Crippen LogP contribution in [0.4, 0.5) is 17.1 Å². The monoisotopic (exact) mass is 477 g/mol. The van der Waals surface area contributed by atoms with Gasteiger partial charge in [0.2, 0.25) is 10.0 Å². The van der Waals surface area contributed by atoms with Crippen LogP contribution >= 0.6 is 0 Å². The maximum atomic E-state index is 13.2. The summed E-state index contributed by atoms with van der Waals surface area (Å²) in [6, 6.07) is 10.8. The quantitative estimate of drug-likeness (QED) is 0.703. The average molecular weight is 478 g/mol. The summed E-state index contributed by atoms with van der Waals surface area (Å²) in [5, 5.41) is 0. The first-order valence-corrected chi connectivity index (χ1v) is 14.3. The van der Waals surface area contributed by atoms with Crippen LogP contribution < -0.4 is 13.9 Å². The highest BCUT2D eigenvalue weighted by molar-refractivity contribution is 7.93. The van der Waals surface area contributed by atoms with E-state index in [1.54, 1.807) is 38.1 Å². The molecule has 2 aliphatic rings. The predicted octanol–water partition coefficient (Wildman–Crippen LogP) is 4.02. The highest BCUT2D eigenvalue weighted by Gasteiger charge is 2.28. The van der Waals surface area contributed by atoms with Gasteiger partial charge in [-0.2, -0.15) is 0 Å². The van der Waals surface area contributed by atoms with Crippen LogP contribution in [0.5, 0.6) is 0 Å². The highest BCUT2D eigenvalue weighted by atomic mass is 32.2. The number of nitrogens with zero attached hydrogens (tertiary/aromatic N) is 2. The number of aryl methyl sites for hydroxylation is 2. The molecule has 0 radical (unpaired) electrons. The Morgan fingerprint density at radius 1 is 0.812 bits per heavy atom. The first kappa shape index (κ1) is 22.9. The summed E-state index contributed by atoms with van der Waals surface area (Å²) in [4.78, 5) is 2.51. The van der Waals surface area contributed by atoms with Crippen molar-refractivity contribution in [1.82, 2.24) is 0 Å². The molecule has 174 valence electrons. The SMILES string of the molecule is Cc1cc(N2CCCCS2(=O)=O)cc(C)c1S(=O)(=O)Nc1ccc(N2CCCCC2)cc1. The van der Waals surface area contributed by atoms with Gasteiger partial charge < -0.3 is 4.90 Å². The third-order valence-electron chi connectivity index (χ3n) is 6.19.